The Kier molecular flexibility index (Phi) is 3.21. The van der Waals surface area contributed by atoms with Crippen molar-refractivity contribution in [3.63, 3.8) is 0 Å². The fraction of sp³-hybridized carbons (Fsp3) is 0.333. The van der Waals surface area contributed by atoms with Gasteiger partial charge in [-0.05, 0) is 6.08 Å². The molecule has 2 rings (SSSR count). The average molecular weight is 273 g/mol. The number of hydrogen-bond acceptors (Lipinski definition) is 3. The van der Waals surface area contributed by atoms with Gasteiger partial charge in [-0.3, -0.25) is 4.79 Å². The third kappa shape index (κ3) is 2.40. The number of fused-ring (bicyclic) bond motifs is 1. The lowest BCUT2D eigenvalue weighted by Gasteiger charge is -2.26. The van der Waals surface area contributed by atoms with E-state index in [-0.39, 0.29) is 17.2 Å². The van der Waals surface area contributed by atoms with Crippen molar-refractivity contribution in [3.05, 3.63) is 35.3 Å². The van der Waals surface area contributed by atoms with Crippen LogP contribution in [0, 0.1) is 5.92 Å². The van der Waals surface area contributed by atoms with Crippen LogP contribution in [0.3, 0.4) is 0 Å². The number of carbonyl (C=O) groups is 1. The summed E-state index contributed by atoms with van der Waals surface area (Å²) < 4.78 is 48.6. The lowest BCUT2D eigenvalue weighted by atomic mass is 9.86. The number of halogens is 3. The second-order valence-electron chi connectivity index (χ2n) is 3.90. The lowest BCUT2D eigenvalue weighted by Crippen LogP contribution is -2.31. The van der Waals surface area contributed by atoms with Crippen molar-refractivity contribution < 1.29 is 27.4 Å². The number of amides is 1. The smallest absolute Gasteiger partial charge is 0.413 e. The van der Waals surface area contributed by atoms with Gasteiger partial charge < -0.3 is 9.47 Å². The van der Waals surface area contributed by atoms with E-state index in [0.717, 1.165) is 0 Å². The number of allylic oxidation sites excluding steroid dienone is 3. The maximum absolute atomic E-state index is 12.9. The van der Waals surface area contributed by atoms with Crippen LogP contribution < -0.4 is 0 Å². The van der Waals surface area contributed by atoms with Gasteiger partial charge in [0.15, 0.2) is 11.5 Å². The van der Waals surface area contributed by atoms with E-state index < -0.39 is 23.6 Å². The fourth-order valence-electron chi connectivity index (χ4n) is 1.93. The van der Waals surface area contributed by atoms with E-state index in [9.17, 15) is 18.0 Å². The molecule has 0 N–H and O–H groups in total. The Balaban J connectivity index is 2.50. The van der Waals surface area contributed by atoms with E-state index in [4.69, 9.17) is 9.47 Å². The minimum absolute atomic E-state index is 0.00234. The van der Waals surface area contributed by atoms with Gasteiger partial charge in [0.2, 0.25) is 0 Å². The van der Waals surface area contributed by atoms with E-state index in [1.807, 2.05) is 0 Å². The largest absolute Gasteiger partial charge is 0.493 e. The Bertz CT molecular complexity index is 541. The van der Waals surface area contributed by atoms with Crippen molar-refractivity contribution in [2.24, 2.45) is 10.9 Å². The monoisotopic (exact) mass is 273 g/mol. The Morgan fingerprint density at radius 3 is 2.32 bits per heavy atom. The summed E-state index contributed by atoms with van der Waals surface area (Å²) in [5.74, 6) is -1.67. The highest BCUT2D eigenvalue weighted by molar-refractivity contribution is 6.12. The predicted octanol–water partition coefficient (Wildman–Crippen LogP) is 2.15. The Labute approximate surface area is 106 Å². The maximum atomic E-state index is 12.9. The third-order valence-corrected chi connectivity index (χ3v) is 2.78. The minimum Gasteiger partial charge on any atom is -0.493 e. The van der Waals surface area contributed by atoms with Crippen molar-refractivity contribution in [1.29, 1.82) is 0 Å². The van der Waals surface area contributed by atoms with Crippen molar-refractivity contribution in [1.82, 2.24) is 0 Å². The zero-order chi connectivity index (χ0) is 14.2. The summed E-state index contributed by atoms with van der Waals surface area (Å²) >= 11 is 0. The Morgan fingerprint density at radius 2 is 1.79 bits per heavy atom. The van der Waals surface area contributed by atoms with Crippen LogP contribution in [0.4, 0.5) is 13.2 Å². The quantitative estimate of drug-likeness (QED) is 0.774. The second kappa shape index (κ2) is 4.56. The fourth-order valence-corrected chi connectivity index (χ4v) is 1.93. The number of nitrogens with zero attached hydrogens (tertiary/aromatic N) is 1. The summed E-state index contributed by atoms with van der Waals surface area (Å²) in [6, 6.07) is 0. The molecule has 1 atom stereocenters. The molecule has 102 valence electrons. The molecule has 4 nitrogen and oxygen atoms in total. The molecule has 0 aromatic heterocycles. The molecule has 1 unspecified atom stereocenters. The minimum atomic E-state index is -4.60. The van der Waals surface area contributed by atoms with Gasteiger partial charge in [-0.25, -0.2) is 4.99 Å². The highest BCUT2D eigenvalue weighted by atomic mass is 19.4. The van der Waals surface area contributed by atoms with E-state index in [0.29, 0.717) is 6.08 Å². The van der Waals surface area contributed by atoms with Gasteiger partial charge >= 0.3 is 6.18 Å². The highest BCUT2D eigenvalue weighted by Crippen LogP contribution is 2.38. The summed E-state index contributed by atoms with van der Waals surface area (Å²) in [4.78, 5) is 14.8. The van der Waals surface area contributed by atoms with Crippen molar-refractivity contribution in [2.45, 2.75) is 6.18 Å². The molecule has 1 aliphatic heterocycles. The summed E-state index contributed by atoms with van der Waals surface area (Å²) in [6.07, 6.45) is -1.58. The van der Waals surface area contributed by atoms with Crippen LogP contribution >= 0.6 is 0 Å². The van der Waals surface area contributed by atoms with Gasteiger partial charge in [-0.2, -0.15) is 13.2 Å². The number of alkyl halides is 3. The molecule has 0 bridgehead atoms. The Hall–Kier alpha value is -2.05. The van der Waals surface area contributed by atoms with Crippen molar-refractivity contribution in [2.75, 3.05) is 14.2 Å². The molecule has 0 saturated carbocycles. The van der Waals surface area contributed by atoms with Gasteiger partial charge in [0.25, 0.3) is 5.91 Å². The average Bonchev–Trinajstić information content (AvgIpc) is 2.34. The molecule has 19 heavy (non-hydrogen) atoms. The molecular weight excluding hydrogens is 263 g/mol. The van der Waals surface area contributed by atoms with Crippen LogP contribution in [-0.4, -0.2) is 32.0 Å². The normalized spacial score (nSPS) is 22.8. The van der Waals surface area contributed by atoms with Gasteiger partial charge in [-0.1, -0.05) is 0 Å². The van der Waals surface area contributed by atoms with Crippen LogP contribution in [0.25, 0.3) is 0 Å². The molecule has 1 amide bonds. The van der Waals surface area contributed by atoms with Gasteiger partial charge in [0.1, 0.15) is 0 Å². The number of methoxy groups -OCH3 is 2. The number of rotatable bonds is 2. The van der Waals surface area contributed by atoms with E-state index >= 15 is 0 Å². The molecule has 0 aromatic carbocycles. The number of dihydropyridines is 1. The first-order valence-corrected chi connectivity index (χ1v) is 5.30. The van der Waals surface area contributed by atoms with Crippen LogP contribution in [0.1, 0.15) is 0 Å². The predicted molar refractivity (Wildman–Crippen MR) is 60.3 cm³/mol. The molecule has 2 aliphatic rings. The summed E-state index contributed by atoms with van der Waals surface area (Å²) in [5.41, 5.74) is -0.957. The summed E-state index contributed by atoms with van der Waals surface area (Å²) in [6.45, 7) is 0. The SMILES string of the molecule is COC1=CC2=NC(=O)C=C(C(F)(F)F)C2C=C1OC. The molecule has 7 heteroatoms. The Morgan fingerprint density at radius 1 is 1.16 bits per heavy atom. The first kappa shape index (κ1) is 13.4. The van der Waals surface area contributed by atoms with E-state index in [1.54, 1.807) is 0 Å². The molecule has 1 heterocycles. The molecule has 0 radical (unpaired) electrons. The maximum Gasteiger partial charge on any atom is 0.413 e. The summed E-state index contributed by atoms with van der Waals surface area (Å²) in [5, 5.41) is 0. The molecule has 0 aromatic rings. The van der Waals surface area contributed by atoms with Crippen LogP contribution in [-0.2, 0) is 14.3 Å². The molecule has 0 saturated heterocycles. The van der Waals surface area contributed by atoms with Crippen LogP contribution in [0.15, 0.2) is 40.3 Å². The molecule has 1 aliphatic carbocycles. The topological polar surface area (TPSA) is 47.9 Å². The molecular formula is C12H10F3NO3. The lowest BCUT2D eigenvalue weighted by molar-refractivity contribution is -0.116. The van der Waals surface area contributed by atoms with E-state index in [2.05, 4.69) is 4.99 Å². The zero-order valence-corrected chi connectivity index (χ0v) is 10.1. The number of aliphatic imine (C=N–C) groups is 1. The molecule has 0 spiro atoms. The number of carbonyl (C=O) groups excluding carboxylic acids is 1. The van der Waals surface area contributed by atoms with Crippen molar-refractivity contribution in [3.8, 4) is 0 Å². The van der Waals surface area contributed by atoms with Crippen LogP contribution in [0.5, 0.6) is 0 Å². The first-order valence-electron chi connectivity index (χ1n) is 5.30. The van der Waals surface area contributed by atoms with Crippen LogP contribution in [0.2, 0.25) is 0 Å². The van der Waals surface area contributed by atoms with Gasteiger partial charge in [0.05, 0.1) is 31.4 Å². The molecule has 0 fully saturated rings. The summed E-state index contributed by atoms with van der Waals surface area (Å²) in [7, 11) is 2.68. The highest BCUT2D eigenvalue weighted by Gasteiger charge is 2.43. The van der Waals surface area contributed by atoms with Gasteiger partial charge in [-0.15, -0.1) is 0 Å². The standard InChI is InChI=1S/C12H10F3NO3/c1-18-9-3-6-7(12(13,14)15)4-11(17)16-8(6)5-10(9)19-2/h3-6H,1-2H3. The number of ether oxygens (including phenoxy) is 2. The van der Waals surface area contributed by atoms with Crippen molar-refractivity contribution >= 4 is 11.6 Å². The zero-order valence-electron chi connectivity index (χ0n) is 10.1. The van der Waals surface area contributed by atoms with Gasteiger partial charge in [0, 0.05) is 12.2 Å². The van der Waals surface area contributed by atoms with E-state index in [1.165, 1.54) is 26.4 Å². The first-order chi connectivity index (χ1) is 8.86. The third-order valence-electron chi connectivity index (χ3n) is 2.78. The number of hydrogen-bond donors (Lipinski definition) is 0. The second-order valence-corrected chi connectivity index (χ2v) is 3.90.